The molecular formula is C6H20O22Pm2-6. The summed E-state index contributed by atoms with van der Waals surface area (Å²) in [6.07, 6.45) is 0. The van der Waals surface area contributed by atoms with Gasteiger partial charge in [-0.1, -0.05) is 0 Å². The predicted molar refractivity (Wildman–Crippen MR) is 66.2 cm³/mol. The second-order valence-corrected chi connectivity index (χ2v) is 1.72. The van der Waals surface area contributed by atoms with Crippen molar-refractivity contribution in [2.75, 3.05) is 0 Å². The van der Waals surface area contributed by atoms with E-state index in [0.717, 1.165) is 0 Å². The van der Waals surface area contributed by atoms with Gasteiger partial charge in [0, 0.05) is 80.8 Å². The zero-order chi connectivity index (χ0) is 15.5. The third-order valence-corrected chi connectivity index (χ3v) is 0.500. The first-order valence-electron chi connectivity index (χ1n) is 3.20. The maximum atomic E-state index is 8.93. The maximum Gasteiger partial charge on any atom is 0.0870 e. The molecule has 22 nitrogen and oxygen atoms in total. The van der Waals surface area contributed by atoms with Crippen molar-refractivity contribution in [2.24, 2.45) is 0 Å². The van der Waals surface area contributed by atoms with Crippen LogP contribution in [0.3, 0.4) is 0 Å². The Balaban J connectivity index is -0.00000000721. The summed E-state index contributed by atoms with van der Waals surface area (Å²) in [6, 6.07) is 0. The van der Waals surface area contributed by atoms with E-state index in [-0.39, 0.29) is 136 Å². The number of carbonyl (C=O) groups excluding carboxylic acids is 6. The van der Waals surface area contributed by atoms with Crippen LogP contribution in [0.15, 0.2) is 0 Å². The zero-order valence-electron chi connectivity index (χ0n) is 13.8. The fourth-order valence-electron chi connectivity index (χ4n) is 0. The summed E-state index contributed by atoms with van der Waals surface area (Å²) in [7, 11) is 0. The summed E-state index contributed by atoms with van der Waals surface area (Å²) in [5.74, 6) is -13.1. The van der Waals surface area contributed by atoms with E-state index in [2.05, 4.69) is 0 Å². The van der Waals surface area contributed by atoms with E-state index < -0.39 is 35.8 Å². The molecule has 0 rings (SSSR count). The summed E-state index contributed by atoms with van der Waals surface area (Å²) in [5, 5.41) is 53.6. The van der Waals surface area contributed by atoms with Gasteiger partial charge in [0.05, 0.1) is 35.8 Å². The molecule has 0 atom stereocenters. The van der Waals surface area contributed by atoms with E-state index >= 15 is 0 Å². The Morgan fingerprint density at radius 1 is 0.267 bits per heavy atom. The Hall–Kier alpha value is -0.905. The smallest absolute Gasteiger partial charge is 0.0870 e. The van der Waals surface area contributed by atoms with Crippen LogP contribution in [0, 0.1) is 80.8 Å². The second-order valence-electron chi connectivity index (χ2n) is 1.72. The van der Waals surface area contributed by atoms with E-state index in [1.165, 1.54) is 0 Å². The first-order chi connectivity index (χ1) is 7.93. The molecule has 0 saturated carbocycles. The van der Waals surface area contributed by atoms with Crippen LogP contribution in [-0.4, -0.2) is 90.6 Å². The van der Waals surface area contributed by atoms with Crippen molar-refractivity contribution in [1.29, 1.82) is 0 Å². The standard InChI is InChI=1S/3C2H2O4.10H2O.2Pm/c3*3-1(4)2(5)6;;;;;;;;;;;;/h3*(H,3,4)(H,5,6);10*1H2;;/p-6. The van der Waals surface area contributed by atoms with Crippen molar-refractivity contribution >= 4 is 35.8 Å². The van der Waals surface area contributed by atoms with Gasteiger partial charge in [-0.2, -0.15) is 0 Å². The molecule has 0 amide bonds. The number of hydrogen-bond acceptors (Lipinski definition) is 12. The van der Waals surface area contributed by atoms with Crippen LogP contribution in [0.4, 0.5) is 0 Å². The van der Waals surface area contributed by atoms with Gasteiger partial charge in [0.1, 0.15) is 0 Å². The van der Waals surface area contributed by atoms with E-state index in [1.807, 2.05) is 0 Å². The van der Waals surface area contributed by atoms with Crippen LogP contribution in [0.25, 0.3) is 0 Å². The van der Waals surface area contributed by atoms with Gasteiger partial charge in [-0.05, 0) is 0 Å². The van der Waals surface area contributed by atoms with Crippen molar-refractivity contribution in [2.45, 2.75) is 0 Å². The fraction of sp³-hybridized carbons (Fsp3) is 0. The molecule has 0 aromatic heterocycles. The average Bonchev–Trinajstić information content (AvgIpc) is 2.18. The molecule has 0 spiro atoms. The van der Waals surface area contributed by atoms with Gasteiger partial charge in [-0.3, -0.25) is 0 Å². The molecular weight excluding hydrogens is 714 g/mol. The van der Waals surface area contributed by atoms with Crippen molar-refractivity contribution in [3.63, 3.8) is 0 Å². The third kappa shape index (κ3) is 150. The molecule has 192 valence electrons. The minimum Gasteiger partial charge on any atom is -0.543 e. The van der Waals surface area contributed by atoms with Gasteiger partial charge in [0.2, 0.25) is 0 Å². The Morgan fingerprint density at radius 2 is 0.300 bits per heavy atom. The quantitative estimate of drug-likeness (QED) is 0.209. The largest absolute Gasteiger partial charge is 0.543 e. The Morgan fingerprint density at radius 3 is 0.300 bits per heavy atom. The third-order valence-electron chi connectivity index (χ3n) is 0.500. The monoisotopic (exact) mass is 734 g/mol. The van der Waals surface area contributed by atoms with E-state index in [1.54, 1.807) is 0 Å². The Bertz CT molecular complexity index is 287. The van der Waals surface area contributed by atoms with Gasteiger partial charge in [-0.25, -0.2) is 0 Å². The van der Waals surface area contributed by atoms with E-state index in [9.17, 15) is 0 Å². The van der Waals surface area contributed by atoms with Crippen molar-refractivity contribution < 1.29 is 195 Å². The number of carboxylic acid groups (broad SMARTS) is 6. The molecule has 0 saturated heterocycles. The van der Waals surface area contributed by atoms with Gasteiger partial charge < -0.3 is 114 Å². The number of rotatable bonds is 0. The number of carbonyl (C=O) groups is 6. The number of hydrogen-bond donors (Lipinski definition) is 0. The van der Waals surface area contributed by atoms with Gasteiger partial charge >= 0.3 is 0 Å². The molecule has 24 heteroatoms. The second kappa shape index (κ2) is 70.6. The molecule has 0 heterocycles. The van der Waals surface area contributed by atoms with Crippen LogP contribution in [-0.2, 0) is 28.8 Å². The van der Waals surface area contributed by atoms with Crippen LogP contribution in [0.1, 0.15) is 0 Å². The topological polar surface area (TPSA) is 556 Å². The molecule has 0 bridgehead atoms. The summed E-state index contributed by atoms with van der Waals surface area (Å²) >= 11 is 0. The van der Waals surface area contributed by atoms with Crippen molar-refractivity contribution in [3.05, 3.63) is 0 Å². The molecule has 0 fully saturated rings. The molecule has 2 radical (unpaired) electrons. The van der Waals surface area contributed by atoms with Gasteiger partial charge in [-0.15, -0.1) is 0 Å². The SMILES string of the molecule is O.O.O.O.O.O.O.O.O.O.O=C([O-])C(=O)[O-].O=C([O-])C(=O)[O-].O=C([O-])C(=O)[O-].[Pm].[Pm]. The molecule has 0 aliphatic heterocycles. The average molecular weight is 734 g/mol. The summed E-state index contributed by atoms with van der Waals surface area (Å²) in [5.41, 5.74) is 0. The maximum absolute atomic E-state index is 8.93. The molecule has 0 unspecified atom stereocenters. The summed E-state index contributed by atoms with van der Waals surface area (Å²) in [4.78, 5) is 53.6. The van der Waals surface area contributed by atoms with Gasteiger partial charge in [0.15, 0.2) is 0 Å². The Labute approximate surface area is 228 Å². The molecule has 0 aromatic carbocycles. The van der Waals surface area contributed by atoms with E-state index in [4.69, 9.17) is 59.4 Å². The van der Waals surface area contributed by atoms with E-state index in [0.29, 0.717) is 0 Å². The molecule has 0 aliphatic rings. The minimum atomic E-state index is -2.19. The van der Waals surface area contributed by atoms with Crippen molar-refractivity contribution in [1.82, 2.24) is 0 Å². The minimum absolute atomic E-state index is 0. The molecule has 20 N–H and O–H groups in total. The zero-order valence-corrected chi connectivity index (χ0v) is 19.5. The van der Waals surface area contributed by atoms with Gasteiger partial charge in [0.25, 0.3) is 0 Å². The van der Waals surface area contributed by atoms with Crippen LogP contribution in [0.2, 0.25) is 0 Å². The first kappa shape index (κ1) is 116. The number of aliphatic carboxylic acids is 6. The fourth-order valence-corrected chi connectivity index (χ4v) is 0. The van der Waals surface area contributed by atoms with Crippen LogP contribution in [0.5, 0.6) is 0 Å². The van der Waals surface area contributed by atoms with Crippen LogP contribution >= 0.6 is 0 Å². The Kier molecular flexibility index (Phi) is 272. The molecule has 0 aliphatic carbocycles. The molecule has 0 aromatic rings. The van der Waals surface area contributed by atoms with Crippen LogP contribution < -0.4 is 30.6 Å². The van der Waals surface area contributed by atoms with Crippen molar-refractivity contribution in [3.8, 4) is 0 Å². The predicted octanol–water partition coefficient (Wildman–Crippen LogP) is -18.8. The summed E-state index contributed by atoms with van der Waals surface area (Å²) < 4.78 is 0. The normalized spacial score (nSPS) is 4.40. The number of carboxylic acids is 6. The molecule has 30 heavy (non-hydrogen) atoms. The summed E-state index contributed by atoms with van der Waals surface area (Å²) in [6.45, 7) is 0. The first-order valence-corrected chi connectivity index (χ1v) is 3.20.